The third kappa shape index (κ3) is 10.3. The van der Waals surface area contributed by atoms with E-state index in [9.17, 15) is 35.7 Å². The minimum Gasteiger partial charge on any atom is -1.00 e. The van der Waals surface area contributed by atoms with Gasteiger partial charge in [0, 0.05) is 0 Å². The summed E-state index contributed by atoms with van der Waals surface area (Å²) in [5, 5.41) is 84.4. The van der Waals surface area contributed by atoms with Crippen molar-refractivity contribution in [2.45, 2.75) is 61.4 Å². The summed E-state index contributed by atoms with van der Waals surface area (Å²) in [6, 6.07) is 0. The Labute approximate surface area is 203 Å². The fourth-order valence-electron chi connectivity index (χ4n) is 2.57. The molecular weight excluding hydrogens is 660 g/mol. The van der Waals surface area contributed by atoms with Crippen molar-refractivity contribution in [2.24, 2.45) is 5.34 Å². The minimum absolute atomic E-state index is 0. The molecule has 0 saturated carbocycles. The second kappa shape index (κ2) is 19.6. The zero-order chi connectivity index (χ0) is 20.0. The molecule has 192 valence electrons. The van der Waals surface area contributed by atoms with Gasteiger partial charge in [-0.25, -0.2) is 0 Å². The summed E-state index contributed by atoms with van der Waals surface area (Å²) < 4.78 is 15.3. The van der Waals surface area contributed by atoms with E-state index < -0.39 is 74.6 Å². The van der Waals surface area contributed by atoms with E-state index in [0.29, 0.717) is 0 Å². The van der Waals surface area contributed by atoms with Crippen LogP contribution in [0.25, 0.3) is 0 Å². The standard InChI is InChI=1S/C12H22O11.2ClH.HNO2.2H3N.Pt/c13-1-3-5(15)6(16)9(19)12(22-3)23-10-4(2-14)21-11(20)8(18)7(10)17;;;2-1-3;;;/h3-20H,1-2H2;2*1H;(H,2,3);2*1H3;/q;;;;;;+4/p-2. The second-order valence-electron chi connectivity index (χ2n) is 5.61. The summed E-state index contributed by atoms with van der Waals surface area (Å²) in [6.07, 6.45) is -15.6. The molecule has 2 aliphatic heterocycles. The van der Waals surface area contributed by atoms with Crippen LogP contribution in [0.5, 0.6) is 0 Å². The Morgan fingerprint density at radius 2 is 1.19 bits per heavy atom. The average molecular weight is 689 g/mol. The molecule has 0 aliphatic carbocycles. The Hall–Kier alpha value is 0.148. The third-order valence-corrected chi connectivity index (χ3v) is 3.98. The van der Waals surface area contributed by atoms with Crippen molar-refractivity contribution in [3.05, 3.63) is 4.91 Å². The van der Waals surface area contributed by atoms with Gasteiger partial charge in [0.15, 0.2) is 17.9 Å². The Bertz CT molecular complexity index is 449. The Balaban J connectivity index is -0.000000266. The molecule has 2 saturated heterocycles. The molecule has 0 aromatic rings. The molecule has 0 bridgehead atoms. The molecule has 0 aromatic carbocycles. The summed E-state index contributed by atoms with van der Waals surface area (Å²) in [6.45, 7) is -1.35. The fourth-order valence-corrected chi connectivity index (χ4v) is 2.57. The summed E-state index contributed by atoms with van der Waals surface area (Å²) in [7, 11) is 0. The van der Waals surface area contributed by atoms with Gasteiger partial charge in [0.2, 0.25) is 0 Å². The van der Waals surface area contributed by atoms with Crippen molar-refractivity contribution >= 4 is 0 Å². The molecular formula is C12H29Cl2N3O13Pt+2. The molecule has 10 unspecified atom stereocenters. The van der Waals surface area contributed by atoms with Crippen molar-refractivity contribution in [2.75, 3.05) is 13.2 Å². The smallest absolute Gasteiger partial charge is 1.00 e. The molecule has 19 heteroatoms. The SMILES string of the molecule is N.N.O=NO.OCC1OC(OC2C(CO)OC(O)C(O)C2O)C(O)C(O)C1O.[Cl-].[Cl-].[Pt+4]. The zero-order valence-electron chi connectivity index (χ0n) is 15.8. The van der Waals surface area contributed by atoms with E-state index in [4.69, 9.17) is 29.4 Å². The van der Waals surface area contributed by atoms with Crippen LogP contribution in [-0.2, 0) is 35.3 Å². The van der Waals surface area contributed by atoms with Gasteiger partial charge >= 0.3 is 21.1 Å². The maximum Gasteiger partial charge on any atom is 4.00 e. The maximum absolute atomic E-state index is 9.94. The predicted octanol–water partition coefficient (Wildman–Crippen LogP) is -10.9. The van der Waals surface area contributed by atoms with Crippen LogP contribution in [0.3, 0.4) is 0 Å². The number of halogens is 2. The molecule has 31 heavy (non-hydrogen) atoms. The molecule has 2 rings (SSSR count). The Morgan fingerprint density at radius 3 is 1.61 bits per heavy atom. The molecule has 10 atom stereocenters. The van der Waals surface area contributed by atoms with E-state index in [0.717, 1.165) is 0 Å². The van der Waals surface area contributed by atoms with Gasteiger partial charge in [0.1, 0.15) is 48.8 Å². The summed E-state index contributed by atoms with van der Waals surface area (Å²) in [5.41, 5.74) is 0. The van der Waals surface area contributed by atoms with Crippen LogP contribution in [0, 0.1) is 4.91 Å². The molecule has 2 fully saturated rings. The number of hydrogen-bond donors (Lipinski definition) is 11. The minimum atomic E-state index is -1.74. The molecule has 15 N–H and O–H groups in total. The largest absolute Gasteiger partial charge is 4.00 e. The van der Waals surface area contributed by atoms with Gasteiger partial charge in [-0.15, -0.1) is 4.91 Å². The molecule has 0 aromatic heterocycles. The van der Waals surface area contributed by atoms with Crippen LogP contribution >= 0.6 is 0 Å². The topological polar surface area (TPSA) is 309 Å². The molecule has 2 heterocycles. The second-order valence-corrected chi connectivity index (χ2v) is 5.61. The molecule has 2 aliphatic rings. The number of aliphatic hydroxyl groups excluding tert-OH is 8. The van der Waals surface area contributed by atoms with Gasteiger partial charge in [0.05, 0.1) is 13.2 Å². The maximum atomic E-state index is 9.94. The van der Waals surface area contributed by atoms with Gasteiger partial charge in [-0.05, 0) is 0 Å². The Kier molecular flexibility index (Phi) is 26.2. The summed E-state index contributed by atoms with van der Waals surface area (Å²) in [4.78, 5) is 8.11. The van der Waals surface area contributed by atoms with Crippen molar-refractivity contribution in [3.8, 4) is 0 Å². The normalized spacial score (nSPS) is 38.7. The van der Waals surface area contributed by atoms with E-state index in [1.165, 1.54) is 5.34 Å². The zero-order valence-corrected chi connectivity index (χ0v) is 19.6. The first kappa shape index (κ1) is 41.4. The third-order valence-electron chi connectivity index (χ3n) is 3.98. The molecule has 0 radical (unpaired) electrons. The number of ether oxygens (including phenoxy) is 3. The van der Waals surface area contributed by atoms with Gasteiger partial charge in [-0.3, -0.25) is 0 Å². The van der Waals surface area contributed by atoms with Crippen molar-refractivity contribution < 1.29 is 106 Å². The van der Waals surface area contributed by atoms with Crippen LogP contribution in [-0.4, -0.2) is 121 Å². The van der Waals surface area contributed by atoms with Crippen LogP contribution < -0.4 is 37.1 Å². The quantitative estimate of drug-likeness (QED) is 0.0965. The van der Waals surface area contributed by atoms with E-state index in [1.54, 1.807) is 0 Å². The van der Waals surface area contributed by atoms with Crippen molar-refractivity contribution in [1.29, 1.82) is 0 Å². The number of rotatable bonds is 4. The number of hydrogen-bond acceptors (Lipinski definition) is 15. The first-order chi connectivity index (χ1) is 12.2. The first-order valence-electron chi connectivity index (χ1n) is 7.46. The van der Waals surface area contributed by atoms with Crippen LogP contribution in [0.4, 0.5) is 0 Å². The van der Waals surface area contributed by atoms with Crippen LogP contribution in [0.2, 0.25) is 0 Å². The number of aliphatic hydroxyl groups is 8. The van der Waals surface area contributed by atoms with E-state index in [1.807, 2.05) is 0 Å². The van der Waals surface area contributed by atoms with Gasteiger partial charge in [-0.1, -0.05) is 0 Å². The molecule has 0 spiro atoms. The molecule has 0 amide bonds. The van der Waals surface area contributed by atoms with E-state index >= 15 is 0 Å². The van der Waals surface area contributed by atoms with Crippen LogP contribution in [0.15, 0.2) is 5.34 Å². The Morgan fingerprint density at radius 1 is 0.742 bits per heavy atom. The number of nitrogens with zero attached hydrogens (tertiary/aromatic N) is 1. The van der Waals surface area contributed by atoms with Crippen molar-refractivity contribution in [1.82, 2.24) is 12.3 Å². The molecule has 16 nitrogen and oxygen atoms in total. The van der Waals surface area contributed by atoms with E-state index in [-0.39, 0.29) is 58.2 Å². The first-order valence-corrected chi connectivity index (χ1v) is 7.46. The average Bonchev–Trinajstić information content (AvgIpc) is 2.62. The van der Waals surface area contributed by atoms with Gasteiger partial charge < -0.3 is 97.4 Å². The summed E-state index contributed by atoms with van der Waals surface area (Å²) >= 11 is 0. The van der Waals surface area contributed by atoms with Crippen molar-refractivity contribution in [3.63, 3.8) is 0 Å². The predicted molar refractivity (Wildman–Crippen MR) is 86.2 cm³/mol. The van der Waals surface area contributed by atoms with E-state index in [2.05, 4.69) is 0 Å². The monoisotopic (exact) mass is 688 g/mol. The fraction of sp³-hybridized carbons (Fsp3) is 1.00. The van der Waals surface area contributed by atoms with Gasteiger partial charge in [0.25, 0.3) is 0 Å². The summed E-state index contributed by atoms with van der Waals surface area (Å²) in [5.74, 6) is 0. The van der Waals surface area contributed by atoms with Crippen LogP contribution in [0.1, 0.15) is 0 Å². The van der Waals surface area contributed by atoms with Gasteiger partial charge in [-0.2, -0.15) is 0 Å².